The second kappa shape index (κ2) is 6.91. The number of hydrogen-bond acceptors (Lipinski definition) is 5. The van der Waals surface area contributed by atoms with Crippen LogP contribution in [0.1, 0.15) is 47.8 Å². The van der Waals surface area contributed by atoms with E-state index in [4.69, 9.17) is 0 Å². The SMILES string of the molecule is Cc1cc(C)c(N2C(=O)c3ccc(C(=O)NC4=NCCS4)cc3C2=O)c(C)c1. The molecule has 0 fully saturated rings. The lowest BCUT2D eigenvalue weighted by Crippen LogP contribution is -2.31. The molecule has 0 saturated carbocycles. The van der Waals surface area contributed by atoms with Gasteiger partial charge in [-0.1, -0.05) is 29.5 Å². The van der Waals surface area contributed by atoms with E-state index in [1.54, 1.807) is 12.1 Å². The lowest BCUT2D eigenvalue weighted by molar-refractivity contribution is 0.0924. The molecule has 0 aliphatic carbocycles. The number of rotatable bonds is 2. The van der Waals surface area contributed by atoms with Crippen LogP contribution < -0.4 is 10.2 Å². The predicted octanol–water partition coefficient (Wildman–Crippen LogP) is 3.25. The number of aliphatic imine (C=N–C) groups is 1. The second-order valence-corrected chi connectivity index (χ2v) is 8.03. The minimum absolute atomic E-state index is 0.248. The summed E-state index contributed by atoms with van der Waals surface area (Å²) < 4.78 is 0. The van der Waals surface area contributed by atoms with Crippen LogP contribution >= 0.6 is 11.8 Å². The summed E-state index contributed by atoms with van der Waals surface area (Å²) in [7, 11) is 0. The van der Waals surface area contributed by atoms with E-state index in [0.29, 0.717) is 28.5 Å². The Morgan fingerprint density at radius 1 is 1.04 bits per heavy atom. The molecule has 142 valence electrons. The summed E-state index contributed by atoms with van der Waals surface area (Å²) in [6.07, 6.45) is 0. The van der Waals surface area contributed by atoms with Gasteiger partial charge in [-0.05, 0) is 50.1 Å². The van der Waals surface area contributed by atoms with E-state index in [0.717, 1.165) is 22.4 Å². The first-order valence-electron chi connectivity index (χ1n) is 8.96. The maximum atomic E-state index is 13.1. The van der Waals surface area contributed by atoms with Gasteiger partial charge in [0.25, 0.3) is 17.7 Å². The van der Waals surface area contributed by atoms with Crippen molar-refractivity contribution < 1.29 is 14.4 Å². The second-order valence-electron chi connectivity index (χ2n) is 6.94. The van der Waals surface area contributed by atoms with Crippen LogP contribution in [0, 0.1) is 20.8 Å². The Hall–Kier alpha value is -2.93. The number of carbonyl (C=O) groups excluding carboxylic acids is 3. The van der Waals surface area contributed by atoms with Gasteiger partial charge in [-0.3, -0.25) is 19.4 Å². The molecule has 3 amide bonds. The van der Waals surface area contributed by atoms with Crippen molar-refractivity contribution in [2.75, 3.05) is 17.2 Å². The topological polar surface area (TPSA) is 78.8 Å². The fraction of sp³-hybridized carbons (Fsp3) is 0.238. The van der Waals surface area contributed by atoms with Gasteiger partial charge in [0.05, 0.1) is 23.4 Å². The molecule has 0 atom stereocenters. The third kappa shape index (κ3) is 3.01. The maximum Gasteiger partial charge on any atom is 0.266 e. The molecule has 2 aromatic carbocycles. The van der Waals surface area contributed by atoms with Crippen molar-refractivity contribution in [1.82, 2.24) is 5.32 Å². The summed E-state index contributed by atoms with van der Waals surface area (Å²) in [4.78, 5) is 43.9. The van der Waals surface area contributed by atoms with Crippen LogP contribution in [0.5, 0.6) is 0 Å². The van der Waals surface area contributed by atoms with Gasteiger partial charge in [0.2, 0.25) is 0 Å². The first-order chi connectivity index (χ1) is 13.4. The average Bonchev–Trinajstić information content (AvgIpc) is 3.23. The first kappa shape index (κ1) is 18.4. The Morgan fingerprint density at radius 2 is 1.71 bits per heavy atom. The zero-order valence-corrected chi connectivity index (χ0v) is 16.6. The first-order valence-corrected chi connectivity index (χ1v) is 9.94. The van der Waals surface area contributed by atoms with Crippen LogP contribution in [-0.2, 0) is 0 Å². The number of fused-ring (bicyclic) bond motifs is 1. The Labute approximate surface area is 167 Å². The van der Waals surface area contributed by atoms with Crippen LogP contribution in [0.3, 0.4) is 0 Å². The average molecular weight is 393 g/mol. The lowest BCUT2D eigenvalue weighted by atomic mass is 10.0. The Balaban J connectivity index is 1.69. The molecule has 2 aliphatic heterocycles. The fourth-order valence-corrected chi connectivity index (χ4v) is 4.41. The van der Waals surface area contributed by atoms with Gasteiger partial charge in [0.1, 0.15) is 0 Å². The van der Waals surface area contributed by atoms with Crippen molar-refractivity contribution >= 4 is 40.3 Å². The largest absolute Gasteiger partial charge is 0.301 e. The Kier molecular flexibility index (Phi) is 4.55. The van der Waals surface area contributed by atoms with Crippen molar-refractivity contribution in [3.05, 3.63) is 63.7 Å². The van der Waals surface area contributed by atoms with Gasteiger partial charge in [0.15, 0.2) is 5.17 Å². The molecule has 0 aromatic heterocycles. The van der Waals surface area contributed by atoms with Crippen LogP contribution in [0.4, 0.5) is 5.69 Å². The normalized spacial score (nSPS) is 15.7. The number of nitrogens with zero attached hydrogens (tertiary/aromatic N) is 2. The molecule has 1 N–H and O–H groups in total. The fourth-order valence-electron chi connectivity index (χ4n) is 3.69. The summed E-state index contributed by atoms with van der Waals surface area (Å²) in [5.41, 5.74) is 4.30. The number of thioether (sulfide) groups is 1. The maximum absolute atomic E-state index is 13.1. The molecule has 28 heavy (non-hydrogen) atoms. The molecule has 7 heteroatoms. The summed E-state index contributed by atoms with van der Waals surface area (Å²) in [6.45, 7) is 6.43. The number of aryl methyl sites for hydroxylation is 3. The number of amidine groups is 1. The van der Waals surface area contributed by atoms with Gasteiger partial charge in [-0.15, -0.1) is 0 Å². The summed E-state index contributed by atoms with van der Waals surface area (Å²) >= 11 is 1.48. The van der Waals surface area contributed by atoms with Gasteiger partial charge in [-0.2, -0.15) is 0 Å². The highest BCUT2D eigenvalue weighted by molar-refractivity contribution is 8.14. The highest BCUT2D eigenvalue weighted by Gasteiger charge is 2.38. The molecule has 4 rings (SSSR count). The number of nitrogens with one attached hydrogen (secondary N) is 1. The molecule has 6 nitrogen and oxygen atoms in total. The molecule has 0 spiro atoms. The smallest absolute Gasteiger partial charge is 0.266 e. The van der Waals surface area contributed by atoms with Crippen molar-refractivity contribution in [1.29, 1.82) is 0 Å². The van der Waals surface area contributed by atoms with Crippen molar-refractivity contribution in [2.24, 2.45) is 4.99 Å². The number of amides is 3. The third-order valence-corrected chi connectivity index (χ3v) is 5.70. The number of hydrogen-bond donors (Lipinski definition) is 1. The molecule has 0 unspecified atom stereocenters. The van der Waals surface area contributed by atoms with Crippen LogP contribution in [-0.4, -0.2) is 35.2 Å². The van der Waals surface area contributed by atoms with Crippen LogP contribution in [0.2, 0.25) is 0 Å². The van der Waals surface area contributed by atoms with E-state index in [1.165, 1.54) is 22.7 Å². The van der Waals surface area contributed by atoms with E-state index in [2.05, 4.69) is 10.3 Å². The standard InChI is InChI=1S/C21H19N3O3S/c1-11-8-12(2)17(13(3)9-11)24-19(26)15-5-4-14(10-16(15)20(24)27)18(25)23-21-22-6-7-28-21/h4-5,8-10H,6-7H2,1-3H3,(H,22,23,25). The zero-order chi connectivity index (χ0) is 20.0. The monoisotopic (exact) mass is 393 g/mol. The zero-order valence-electron chi connectivity index (χ0n) is 15.8. The molecule has 2 aliphatic rings. The quantitative estimate of drug-likeness (QED) is 0.795. The molecule has 2 aromatic rings. The van der Waals surface area contributed by atoms with E-state index >= 15 is 0 Å². The number of anilines is 1. The number of carbonyl (C=O) groups is 3. The third-order valence-electron chi connectivity index (χ3n) is 4.81. The molecular formula is C21H19N3O3S. The summed E-state index contributed by atoms with van der Waals surface area (Å²) in [5, 5.41) is 3.33. The highest BCUT2D eigenvalue weighted by Crippen LogP contribution is 2.34. The molecule has 2 heterocycles. The van der Waals surface area contributed by atoms with E-state index < -0.39 is 5.91 Å². The predicted molar refractivity (Wildman–Crippen MR) is 110 cm³/mol. The van der Waals surface area contributed by atoms with Crippen LogP contribution in [0.25, 0.3) is 0 Å². The number of imide groups is 1. The molecule has 0 saturated heterocycles. The van der Waals surface area contributed by atoms with E-state index in [1.807, 2.05) is 32.9 Å². The van der Waals surface area contributed by atoms with Gasteiger partial charge in [-0.25, -0.2) is 4.90 Å². The Bertz CT molecular complexity index is 1050. The minimum atomic E-state index is -0.405. The van der Waals surface area contributed by atoms with Crippen molar-refractivity contribution in [3.8, 4) is 0 Å². The Morgan fingerprint density at radius 3 is 2.36 bits per heavy atom. The van der Waals surface area contributed by atoms with Crippen LogP contribution in [0.15, 0.2) is 35.3 Å². The summed E-state index contributed by atoms with van der Waals surface area (Å²) in [5.74, 6) is -0.260. The van der Waals surface area contributed by atoms with Crippen molar-refractivity contribution in [3.63, 3.8) is 0 Å². The van der Waals surface area contributed by atoms with Gasteiger partial charge >= 0.3 is 0 Å². The van der Waals surface area contributed by atoms with E-state index in [-0.39, 0.29) is 17.4 Å². The molecule has 0 radical (unpaired) electrons. The lowest BCUT2D eigenvalue weighted by Gasteiger charge is -2.20. The van der Waals surface area contributed by atoms with Gasteiger partial charge in [0, 0.05) is 11.3 Å². The van der Waals surface area contributed by atoms with Crippen molar-refractivity contribution in [2.45, 2.75) is 20.8 Å². The van der Waals surface area contributed by atoms with Gasteiger partial charge < -0.3 is 5.32 Å². The number of benzene rings is 2. The molecule has 0 bridgehead atoms. The molecular weight excluding hydrogens is 374 g/mol. The minimum Gasteiger partial charge on any atom is -0.301 e. The summed E-state index contributed by atoms with van der Waals surface area (Å²) in [6, 6.07) is 8.50. The van der Waals surface area contributed by atoms with E-state index in [9.17, 15) is 14.4 Å². The highest BCUT2D eigenvalue weighted by atomic mass is 32.2.